The van der Waals surface area contributed by atoms with Crippen LogP contribution in [0.5, 0.6) is 0 Å². The monoisotopic (exact) mass is 237 g/mol. The normalized spacial score (nSPS) is 21.2. The van der Waals surface area contributed by atoms with E-state index >= 15 is 0 Å². The predicted molar refractivity (Wildman–Crippen MR) is 67.9 cm³/mol. The molecule has 0 saturated carbocycles. The molecule has 0 aliphatic carbocycles. The first-order valence-corrected chi connectivity index (χ1v) is 6.64. The van der Waals surface area contributed by atoms with Gasteiger partial charge in [0.15, 0.2) is 0 Å². The maximum Gasteiger partial charge on any atom is 0.105 e. The van der Waals surface area contributed by atoms with E-state index in [2.05, 4.69) is 14.5 Å². The molecule has 17 heavy (non-hydrogen) atoms. The highest BCUT2D eigenvalue weighted by molar-refractivity contribution is 4.88. The van der Waals surface area contributed by atoms with Gasteiger partial charge in [0, 0.05) is 25.0 Å². The lowest BCUT2D eigenvalue weighted by molar-refractivity contribution is 0.156. The molecule has 2 rings (SSSR count). The predicted octanol–water partition coefficient (Wildman–Crippen LogP) is 1.43. The maximum atomic E-state index is 9.23. The molecule has 0 bridgehead atoms. The molecule has 1 aliphatic rings. The molecule has 1 aromatic heterocycles. The fourth-order valence-electron chi connectivity index (χ4n) is 2.63. The summed E-state index contributed by atoms with van der Waals surface area (Å²) in [6.45, 7) is 5.71. The maximum absolute atomic E-state index is 9.23. The van der Waals surface area contributed by atoms with Crippen LogP contribution in [0.3, 0.4) is 0 Å². The summed E-state index contributed by atoms with van der Waals surface area (Å²) >= 11 is 0. The van der Waals surface area contributed by atoms with Crippen molar-refractivity contribution < 1.29 is 5.11 Å². The standard InChI is InChI=1S/C13H23N3O/c1-12-14-6-10-15(12)7-2-3-8-16-9-4-5-13(16)11-17/h6,10,13,17H,2-5,7-9,11H2,1H3. The zero-order chi connectivity index (χ0) is 12.1. The van der Waals surface area contributed by atoms with Crippen LogP contribution in [0.1, 0.15) is 31.5 Å². The lowest BCUT2D eigenvalue weighted by Gasteiger charge is -2.22. The number of rotatable bonds is 6. The van der Waals surface area contributed by atoms with Gasteiger partial charge in [-0.1, -0.05) is 0 Å². The third kappa shape index (κ3) is 3.30. The largest absolute Gasteiger partial charge is 0.395 e. The van der Waals surface area contributed by atoms with Crippen molar-refractivity contribution in [3.63, 3.8) is 0 Å². The number of nitrogens with zero attached hydrogens (tertiary/aromatic N) is 3. The van der Waals surface area contributed by atoms with E-state index in [1.165, 1.54) is 19.3 Å². The van der Waals surface area contributed by atoms with Crippen LogP contribution >= 0.6 is 0 Å². The van der Waals surface area contributed by atoms with E-state index < -0.39 is 0 Å². The number of unbranched alkanes of at least 4 members (excludes halogenated alkanes) is 1. The van der Waals surface area contributed by atoms with Crippen LogP contribution in [0, 0.1) is 6.92 Å². The number of likely N-dealkylation sites (tertiary alicyclic amines) is 1. The second-order valence-electron chi connectivity index (χ2n) is 4.89. The van der Waals surface area contributed by atoms with Crippen molar-refractivity contribution >= 4 is 0 Å². The van der Waals surface area contributed by atoms with Crippen molar-refractivity contribution in [2.24, 2.45) is 0 Å². The van der Waals surface area contributed by atoms with E-state index in [-0.39, 0.29) is 0 Å². The smallest absolute Gasteiger partial charge is 0.105 e. The summed E-state index contributed by atoms with van der Waals surface area (Å²) in [4.78, 5) is 6.65. The van der Waals surface area contributed by atoms with Crippen LogP contribution in [-0.4, -0.2) is 45.3 Å². The van der Waals surface area contributed by atoms with Crippen LogP contribution in [0.4, 0.5) is 0 Å². The topological polar surface area (TPSA) is 41.3 Å². The van der Waals surface area contributed by atoms with Crippen LogP contribution in [0.15, 0.2) is 12.4 Å². The Bertz CT molecular complexity index is 337. The van der Waals surface area contributed by atoms with E-state index in [1.807, 2.05) is 19.3 Å². The Labute approximate surface area is 103 Å². The molecule has 0 aromatic carbocycles. The van der Waals surface area contributed by atoms with Gasteiger partial charge in [-0.15, -0.1) is 0 Å². The summed E-state index contributed by atoms with van der Waals surface area (Å²) in [6.07, 6.45) is 8.70. The summed E-state index contributed by atoms with van der Waals surface area (Å²) in [5.41, 5.74) is 0. The van der Waals surface area contributed by atoms with E-state index in [4.69, 9.17) is 0 Å². The molecule has 1 unspecified atom stereocenters. The molecule has 1 fully saturated rings. The first-order valence-electron chi connectivity index (χ1n) is 6.64. The van der Waals surface area contributed by atoms with Gasteiger partial charge in [-0.3, -0.25) is 4.90 Å². The number of aryl methyl sites for hydroxylation is 2. The number of aliphatic hydroxyl groups excluding tert-OH is 1. The Balaban J connectivity index is 1.65. The molecule has 1 atom stereocenters. The van der Waals surface area contributed by atoms with E-state index in [0.717, 1.165) is 31.9 Å². The minimum absolute atomic E-state index is 0.320. The molecule has 1 aliphatic heterocycles. The molecule has 1 saturated heterocycles. The molecule has 4 nitrogen and oxygen atoms in total. The summed E-state index contributed by atoms with van der Waals surface area (Å²) < 4.78 is 2.20. The Morgan fingerprint density at radius 3 is 2.94 bits per heavy atom. The van der Waals surface area contributed by atoms with Crippen LogP contribution in [0.2, 0.25) is 0 Å². The zero-order valence-corrected chi connectivity index (χ0v) is 10.7. The summed E-state index contributed by atoms with van der Waals surface area (Å²) in [7, 11) is 0. The molecule has 1 N–H and O–H groups in total. The third-order valence-corrected chi connectivity index (χ3v) is 3.73. The lowest BCUT2D eigenvalue weighted by atomic mass is 10.2. The van der Waals surface area contributed by atoms with Gasteiger partial charge in [0.05, 0.1) is 6.61 Å². The second kappa shape index (κ2) is 6.17. The van der Waals surface area contributed by atoms with Crippen molar-refractivity contribution in [1.29, 1.82) is 0 Å². The molecule has 1 aromatic rings. The number of hydrogen-bond acceptors (Lipinski definition) is 3. The van der Waals surface area contributed by atoms with E-state index in [0.29, 0.717) is 12.6 Å². The van der Waals surface area contributed by atoms with Crippen LogP contribution < -0.4 is 0 Å². The highest BCUT2D eigenvalue weighted by Crippen LogP contribution is 2.17. The Hall–Kier alpha value is -0.870. The molecule has 96 valence electrons. The van der Waals surface area contributed by atoms with Crippen molar-refractivity contribution in [2.75, 3.05) is 19.7 Å². The van der Waals surface area contributed by atoms with Crippen molar-refractivity contribution in [2.45, 2.75) is 45.2 Å². The van der Waals surface area contributed by atoms with E-state index in [9.17, 15) is 5.11 Å². The summed E-state index contributed by atoms with van der Waals surface area (Å²) in [5, 5.41) is 9.23. The lowest BCUT2D eigenvalue weighted by Crippen LogP contribution is -2.33. The first kappa shape index (κ1) is 12.6. The second-order valence-corrected chi connectivity index (χ2v) is 4.89. The van der Waals surface area contributed by atoms with Gasteiger partial charge in [-0.25, -0.2) is 4.98 Å². The van der Waals surface area contributed by atoms with Gasteiger partial charge in [-0.05, 0) is 45.7 Å². The quantitative estimate of drug-likeness (QED) is 0.761. The molecule has 4 heteroatoms. The van der Waals surface area contributed by atoms with Crippen molar-refractivity contribution in [3.05, 3.63) is 18.2 Å². The minimum atomic E-state index is 0.320. The minimum Gasteiger partial charge on any atom is -0.395 e. The van der Waals surface area contributed by atoms with Gasteiger partial charge >= 0.3 is 0 Å². The SMILES string of the molecule is Cc1nccn1CCCCN1CCCC1CO. The average Bonchev–Trinajstić information content (AvgIpc) is 2.93. The van der Waals surface area contributed by atoms with Gasteiger partial charge in [-0.2, -0.15) is 0 Å². The molecule has 0 radical (unpaired) electrons. The average molecular weight is 237 g/mol. The molecular formula is C13H23N3O. The third-order valence-electron chi connectivity index (χ3n) is 3.73. The fourth-order valence-corrected chi connectivity index (χ4v) is 2.63. The molecule has 0 amide bonds. The number of aliphatic hydroxyl groups is 1. The van der Waals surface area contributed by atoms with Crippen molar-refractivity contribution in [1.82, 2.24) is 14.5 Å². The van der Waals surface area contributed by atoms with E-state index in [1.54, 1.807) is 0 Å². The number of hydrogen-bond donors (Lipinski definition) is 1. The van der Waals surface area contributed by atoms with Crippen LogP contribution in [0.25, 0.3) is 0 Å². The Kier molecular flexibility index (Phi) is 4.57. The van der Waals surface area contributed by atoms with Crippen molar-refractivity contribution in [3.8, 4) is 0 Å². The summed E-state index contributed by atoms with van der Waals surface area (Å²) in [5.74, 6) is 1.10. The van der Waals surface area contributed by atoms with Gasteiger partial charge in [0.25, 0.3) is 0 Å². The highest BCUT2D eigenvalue weighted by Gasteiger charge is 2.22. The molecule has 0 spiro atoms. The number of aromatic nitrogens is 2. The first-order chi connectivity index (χ1) is 8.31. The Morgan fingerprint density at radius 2 is 2.24 bits per heavy atom. The zero-order valence-electron chi connectivity index (χ0n) is 10.7. The summed E-state index contributed by atoms with van der Waals surface area (Å²) in [6, 6.07) is 0.421. The van der Waals surface area contributed by atoms with Crippen LogP contribution in [-0.2, 0) is 6.54 Å². The highest BCUT2D eigenvalue weighted by atomic mass is 16.3. The Morgan fingerprint density at radius 1 is 1.41 bits per heavy atom. The van der Waals surface area contributed by atoms with Gasteiger partial charge < -0.3 is 9.67 Å². The molecule has 2 heterocycles. The number of imidazole rings is 1. The van der Waals surface area contributed by atoms with Gasteiger partial charge in [0.1, 0.15) is 5.82 Å². The molecular weight excluding hydrogens is 214 g/mol. The fraction of sp³-hybridized carbons (Fsp3) is 0.769. The van der Waals surface area contributed by atoms with Gasteiger partial charge in [0.2, 0.25) is 0 Å².